The van der Waals surface area contributed by atoms with Crippen molar-refractivity contribution in [3.05, 3.63) is 101 Å². The van der Waals surface area contributed by atoms with Gasteiger partial charge in [0.25, 0.3) is 0 Å². The van der Waals surface area contributed by atoms with Crippen LogP contribution in [0.2, 0.25) is 0 Å². The van der Waals surface area contributed by atoms with Crippen LogP contribution in [0.3, 0.4) is 0 Å². The number of benzene rings is 3. The summed E-state index contributed by atoms with van der Waals surface area (Å²) in [7, 11) is 0. The van der Waals surface area contributed by atoms with E-state index < -0.39 is 5.60 Å². The first-order chi connectivity index (χ1) is 12.4. The van der Waals surface area contributed by atoms with Gasteiger partial charge in [-0.05, 0) is 48.7 Å². The Kier molecular flexibility index (Phi) is 5.38. The first kappa shape index (κ1) is 18.2. The van der Waals surface area contributed by atoms with Crippen LogP contribution in [0.1, 0.15) is 30.5 Å². The summed E-state index contributed by atoms with van der Waals surface area (Å²) < 4.78 is 14.3. The van der Waals surface area contributed by atoms with Gasteiger partial charge in [0.15, 0.2) is 0 Å². The Bertz CT molecular complexity index is 800. The molecule has 26 heavy (non-hydrogen) atoms. The molecule has 3 aromatic rings. The highest BCUT2D eigenvalue weighted by atomic mass is 19.1. The van der Waals surface area contributed by atoms with Gasteiger partial charge >= 0.3 is 0 Å². The van der Waals surface area contributed by atoms with E-state index in [1.165, 1.54) is 12.1 Å². The van der Waals surface area contributed by atoms with Crippen LogP contribution in [-0.4, -0.2) is 5.11 Å². The van der Waals surface area contributed by atoms with E-state index in [4.69, 9.17) is 0 Å². The lowest BCUT2D eigenvalue weighted by Crippen LogP contribution is -2.23. The van der Waals surface area contributed by atoms with Crippen LogP contribution >= 0.6 is 0 Å². The van der Waals surface area contributed by atoms with Gasteiger partial charge < -0.3 is 10.0 Å². The molecular weight excluding hydrogens is 325 g/mol. The second-order valence-electron chi connectivity index (χ2n) is 7.08. The van der Waals surface area contributed by atoms with Crippen molar-refractivity contribution < 1.29 is 9.50 Å². The second kappa shape index (κ2) is 7.71. The van der Waals surface area contributed by atoms with Crippen LogP contribution in [0, 0.1) is 5.82 Å². The average molecular weight is 349 g/mol. The minimum absolute atomic E-state index is 0.342. The van der Waals surface area contributed by atoms with Gasteiger partial charge in [-0.1, -0.05) is 60.7 Å². The molecule has 2 nitrogen and oxygen atoms in total. The predicted octanol–water partition coefficient (Wildman–Crippen LogP) is 5.26. The maximum Gasteiger partial charge on any atom is 0.125 e. The van der Waals surface area contributed by atoms with Crippen LogP contribution in [0.25, 0.3) is 0 Å². The third-order valence-corrected chi connectivity index (χ3v) is 4.39. The van der Waals surface area contributed by atoms with Crippen LogP contribution in [0.4, 0.5) is 10.1 Å². The fraction of sp³-hybridized carbons (Fsp3) is 0.217. The van der Waals surface area contributed by atoms with E-state index in [0.29, 0.717) is 18.7 Å². The van der Waals surface area contributed by atoms with Gasteiger partial charge in [0.1, 0.15) is 5.82 Å². The van der Waals surface area contributed by atoms with Crippen molar-refractivity contribution in [2.45, 2.75) is 32.5 Å². The maximum absolute atomic E-state index is 14.3. The highest BCUT2D eigenvalue weighted by Gasteiger charge is 2.19. The molecule has 1 N–H and O–H groups in total. The summed E-state index contributed by atoms with van der Waals surface area (Å²) in [6.07, 6.45) is 0. The SMILES string of the molecule is CC(C)(O)c1cc(F)cc(N(Cc2ccccc2)Cc2ccccc2)c1. The average Bonchev–Trinajstić information content (AvgIpc) is 2.62. The van der Waals surface area contributed by atoms with E-state index in [9.17, 15) is 9.50 Å². The molecule has 0 aromatic heterocycles. The van der Waals surface area contributed by atoms with Gasteiger partial charge in [0.2, 0.25) is 0 Å². The molecule has 0 spiro atoms. The largest absolute Gasteiger partial charge is 0.386 e. The molecule has 3 aromatic carbocycles. The minimum Gasteiger partial charge on any atom is -0.386 e. The first-order valence-electron chi connectivity index (χ1n) is 8.78. The Morgan fingerprint density at radius 1 is 0.808 bits per heavy atom. The van der Waals surface area contributed by atoms with Crippen molar-refractivity contribution in [1.29, 1.82) is 0 Å². The van der Waals surface area contributed by atoms with E-state index in [1.807, 2.05) is 42.5 Å². The summed E-state index contributed by atoms with van der Waals surface area (Å²) in [6.45, 7) is 4.66. The van der Waals surface area contributed by atoms with Gasteiger partial charge in [-0.3, -0.25) is 0 Å². The van der Waals surface area contributed by atoms with Gasteiger partial charge in [0, 0.05) is 18.8 Å². The lowest BCUT2D eigenvalue weighted by molar-refractivity contribution is 0.0783. The summed E-state index contributed by atoms with van der Waals surface area (Å²) in [5.74, 6) is -0.342. The van der Waals surface area contributed by atoms with E-state index >= 15 is 0 Å². The molecule has 0 atom stereocenters. The monoisotopic (exact) mass is 349 g/mol. The van der Waals surface area contributed by atoms with E-state index in [2.05, 4.69) is 29.2 Å². The Morgan fingerprint density at radius 2 is 1.31 bits per heavy atom. The lowest BCUT2D eigenvalue weighted by atomic mass is 9.97. The fourth-order valence-electron chi connectivity index (χ4n) is 2.96. The molecule has 0 amide bonds. The zero-order valence-corrected chi connectivity index (χ0v) is 15.2. The standard InChI is InChI=1S/C23H24FNO/c1-23(2,26)20-13-21(24)15-22(14-20)25(16-18-9-5-3-6-10-18)17-19-11-7-4-8-12-19/h3-15,26H,16-17H2,1-2H3. The Hall–Kier alpha value is -2.65. The zero-order valence-electron chi connectivity index (χ0n) is 15.2. The first-order valence-corrected chi connectivity index (χ1v) is 8.78. The summed E-state index contributed by atoms with van der Waals surface area (Å²) in [5, 5.41) is 10.3. The van der Waals surface area contributed by atoms with Crippen LogP contribution in [-0.2, 0) is 18.7 Å². The lowest BCUT2D eigenvalue weighted by Gasteiger charge is -2.27. The Labute approximate surface area is 154 Å². The molecule has 0 fully saturated rings. The van der Waals surface area contributed by atoms with Crippen molar-refractivity contribution in [3.63, 3.8) is 0 Å². The summed E-state index contributed by atoms with van der Waals surface area (Å²) in [6, 6.07) is 25.0. The molecule has 3 heteroatoms. The van der Waals surface area contributed by atoms with Gasteiger partial charge in [0.05, 0.1) is 5.60 Å². The third-order valence-electron chi connectivity index (χ3n) is 4.39. The molecule has 0 heterocycles. The molecule has 0 saturated heterocycles. The highest BCUT2D eigenvalue weighted by molar-refractivity contribution is 5.51. The molecule has 0 aliphatic carbocycles. The van der Waals surface area contributed by atoms with Gasteiger partial charge in [-0.25, -0.2) is 4.39 Å². The molecule has 0 aliphatic rings. The molecular formula is C23H24FNO. The zero-order chi connectivity index (χ0) is 18.6. The molecule has 0 radical (unpaired) electrons. The molecule has 3 rings (SSSR count). The number of rotatable bonds is 6. The minimum atomic E-state index is -1.10. The quantitative estimate of drug-likeness (QED) is 0.656. The second-order valence-corrected chi connectivity index (χ2v) is 7.08. The molecule has 0 unspecified atom stereocenters. The molecule has 134 valence electrons. The molecule has 0 bridgehead atoms. The van der Waals surface area contributed by atoms with Crippen molar-refractivity contribution in [2.24, 2.45) is 0 Å². The van der Waals surface area contributed by atoms with Crippen molar-refractivity contribution in [2.75, 3.05) is 4.90 Å². The van der Waals surface area contributed by atoms with E-state index in [0.717, 1.165) is 16.8 Å². The summed E-state index contributed by atoms with van der Waals surface area (Å²) in [4.78, 5) is 2.13. The van der Waals surface area contributed by atoms with Crippen molar-refractivity contribution in [1.82, 2.24) is 0 Å². The Balaban J connectivity index is 1.98. The Morgan fingerprint density at radius 3 is 1.77 bits per heavy atom. The third kappa shape index (κ3) is 4.70. The summed E-state index contributed by atoms with van der Waals surface area (Å²) in [5.41, 5.74) is 2.53. The number of anilines is 1. The van der Waals surface area contributed by atoms with Gasteiger partial charge in [-0.15, -0.1) is 0 Å². The number of hydrogen-bond donors (Lipinski definition) is 1. The number of halogens is 1. The maximum atomic E-state index is 14.3. The normalized spacial score (nSPS) is 11.4. The number of aliphatic hydroxyl groups is 1. The van der Waals surface area contributed by atoms with Crippen LogP contribution in [0.5, 0.6) is 0 Å². The number of nitrogens with zero attached hydrogens (tertiary/aromatic N) is 1. The van der Waals surface area contributed by atoms with Crippen LogP contribution in [0.15, 0.2) is 78.9 Å². The predicted molar refractivity (Wildman–Crippen MR) is 104 cm³/mol. The van der Waals surface area contributed by atoms with Crippen molar-refractivity contribution >= 4 is 5.69 Å². The smallest absolute Gasteiger partial charge is 0.125 e. The molecule has 0 saturated carbocycles. The van der Waals surface area contributed by atoms with Crippen molar-refractivity contribution in [3.8, 4) is 0 Å². The van der Waals surface area contributed by atoms with E-state index in [1.54, 1.807) is 13.8 Å². The molecule has 0 aliphatic heterocycles. The topological polar surface area (TPSA) is 23.5 Å². The summed E-state index contributed by atoms with van der Waals surface area (Å²) >= 11 is 0. The van der Waals surface area contributed by atoms with Crippen LogP contribution < -0.4 is 4.90 Å². The fourth-order valence-corrected chi connectivity index (χ4v) is 2.96. The number of hydrogen-bond acceptors (Lipinski definition) is 2. The van der Waals surface area contributed by atoms with E-state index in [-0.39, 0.29) is 5.82 Å². The van der Waals surface area contributed by atoms with Gasteiger partial charge in [-0.2, -0.15) is 0 Å². The highest BCUT2D eigenvalue weighted by Crippen LogP contribution is 2.28.